The lowest BCUT2D eigenvalue weighted by atomic mass is 10.2. The summed E-state index contributed by atoms with van der Waals surface area (Å²) >= 11 is 0.781. The molecule has 2 rings (SSSR count). The van der Waals surface area contributed by atoms with E-state index in [2.05, 4.69) is 10.2 Å². The Morgan fingerprint density at radius 1 is 1.56 bits per heavy atom. The molecule has 0 fully saturated rings. The Morgan fingerprint density at radius 3 is 2.83 bits per heavy atom. The quantitative estimate of drug-likeness (QED) is 0.871. The lowest BCUT2D eigenvalue weighted by Crippen LogP contribution is -2.13. The van der Waals surface area contributed by atoms with Crippen molar-refractivity contribution >= 4 is 17.7 Å². The molecular weight excluding hydrogens is 261 g/mol. The second kappa shape index (κ2) is 4.65. The van der Waals surface area contributed by atoms with Crippen LogP contribution in [-0.4, -0.2) is 25.8 Å². The van der Waals surface area contributed by atoms with Crippen molar-refractivity contribution in [2.75, 3.05) is 0 Å². The van der Waals surface area contributed by atoms with E-state index in [4.69, 9.17) is 5.11 Å². The molecule has 8 heteroatoms. The lowest BCUT2D eigenvalue weighted by Gasteiger charge is -2.05. The van der Waals surface area contributed by atoms with Crippen LogP contribution in [0, 0.1) is 5.82 Å². The SMILES string of the molecule is Cn1c(Sc2c(F)cccc2C(=O)O)n[nH]c1=O. The molecule has 2 N–H and O–H groups in total. The predicted molar refractivity (Wildman–Crippen MR) is 61.3 cm³/mol. The van der Waals surface area contributed by atoms with E-state index in [0.717, 1.165) is 17.8 Å². The van der Waals surface area contributed by atoms with E-state index >= 15 is 0 Å². The first kappa shape index (κ1) is 12.4. The van der Waals surface area contributed by atoms with Crippen LogP contribution in [-0.2, 0) is 7.05 Å². The van der Waals surface area contributed by atoms with Crippen molar-refractivity contribution < 1.29 is 14.3 Å². The number of nitrogens with one attached hydrogen (secondary N) is 1. The van der Waals surface area contributed by atoms with Gasteiger partial charge >= 0.3 is 11.7 Å². The minimum atomic E-state index is -1.24. The number of nitrogens with zero attached hydrogens (tertiary/aromatic N) is 2. The molecule has 0 bridgehead atoms. The van der Waals surface area contributed by atoms with Crippen LogP contribution in [0.4, 0.5) is 4.39 Å². The summed E-state index contributed by atoms with van der Waals surface area (Å²) in [6.45, 7) is 0. The van der Waals surface area contributed by atoms with Gasteiger partial charge in [-0.2, -0.15) is 0 Å². The van der Waals surface area contributed by atoms with Gasteiger partial charge in [0.2, 0.25) is 0 Å². The summed E-state index contributed by atoms with van der Waals surface area (Å²) in [6, 6.07) is 3.75. The molecule has 18 heavy (non-hydrogen) atoms. The van der Waals surface area contributed by atoms with E-state index in [9.17, 15) is 14.0 Å². The number of carboxylic acid groups (broad SMARTS) is 1. The number of hydrogen-bond donors (Lipinski definition) is 2. The number of rotatable bonds is 3. The number of benzene rings is 1. The summed E-state index contributed by atoms with van der Waals surface area (Å²) in [5.41, 5.74) is -0.624. The highest BCUT2D eigenvalue weighted by Gasteiger charge is 2.17. The minimum Gasteiger partial charge on any atom is -0.478 e. The van der Waals surface area contributed by atoms with Crippen LogP contribution in [0.3, 0.4) is 0 Å². The Morgan fingerprint density at radius 2 is 2.28 bits per heavy atom. The third-order valence-corrected chi connectivity index (χ3v) is 3.40. The molecule has 1 heterocycles. The highest BCUT2D eigenvalue weighted by Crippen LogP contribution is 2.30. The van der Waals surface area contributed by atoms with Crippen molar-refractivity contribution in [3.63, 3.8) is 0 Å². The zero-order valence-electron chi connectivity index (χ0n) is 9.18. The maximum absolute atomic E-state index is 13.6. The standard InChI is InChI=1S/C10H8FN3O3S/c1-14-9(17)12-13-10(14)18-7-5(8(15)16)3-2-4-6(7)11/h2-4H,1H3,(H,12,17)(H,15,16). The number of aromatic nitrogens is 3. The summed E-state index contributed by atoms with van der Waals surface area (Å²) < 4.78 is 14.8. The van der Waals surface area contributed by atoms with Gasteiger partial charge < -0.3 is 5.11 Å². The molecule has 1 aromatic heterocycles. The van der Waals surface area contributed by atoms with Gasteiger partial charge in [-0.3, -0.25) is 4.57 Å². The molecule has 1 aromatic carbocycles. The zero-order valence-corrected chi connectivity index (χ0v) is 9.99. The summed E-state index contributed by atoms with van der Waals surface area (Å²) in [5.74, 6) is -1.91. The molecule has 6 nitrogen and oxygen atoms in total. The summed E-state index contributed by atoms with van der Waals surface area (Å²) in [6.07, 6.45) is 0. The number of carbonyl (C=O) groups is 1. The zero-order chi connectivity index (χ0) is 13.3. The maximum Gasteiger partial charge on any atom is 0.343 e. The molecule has 0 aliphatic heterocycles. The van der Waals surface area contributed by atoms with E-state index < -0.39 is 17.5 Å². The second-order valence-corrected chi connectivity index (χ2v) is 4.37. The highest BCUT2D eigenvalue weighted by molar-refractivity contribution is 7.99. The van der Waals surface area contributed by atoms with E-state index in [1.807, 2.05) is 0 Å². The predicted octanol–water partition coefficient (Wildman–Crippen LogP) is 1.10. The average molecular weight is 269 g/mol. The van der Waals surface area contributed by atoms with Crippen molar-refractivity contribution in [2.24, 2.45) is 7.05 Å². The van der Waals surface area contributed by atoms with Gasteiger partial charge in [-0.15, -0.1) is 5.10 Å². The summed E-state index contributed by atoms with van der Waals surface area (Å²) in [7, 11) is 1.45. The third kappa shape index (κ3) is 2.14. The fourth-order valence-electron chi connectivity index (χ4n) is 1.30. The number of halogens is 1. The fraction of sp³-hybridized carbons (Fsp3) is 0.100. The number of carboxylic acids is 1. The molecule has 0 radical (unpaired) electrons. The molecule has 0 aliphatic rings. The first-order valence-corrected chi connectivity index (χ1v) is 5.63. The van der Waals surface area contributed by atoms with E-state index in [1.165, 1.54) is 23.7 Å². The summed E-state index contributed by atoms with van der Waals surface area (Å²) in [5, 5.41) is 15.0. The monoisotopic (exact) mass is 269 g/mol. The van der Waals surface area contributed by atoms with Gasteiger partial charge in [0.25, 0.3) is 0 Å². The average Bonchev–Trinajstić information content (AvgIpc) is 2.63. The van der Waals surface area contributed by atoms with Gasteiger partial charge in [-0.05, 0) is 23.9 Å². The normalized spacial score (nSPS) is 10.6. The van der Waals surface area contributed by atoms with Gasteiger partial charge in [0, 0.05) is 7.05 Å². The molecule has 0 amide bonds. The van der Waals surface area contributed by atoms with Crippen LogP contribution >= 0.6 is 11.8 Å². The van der Waals surface area contributed by atoms with Crippen LogP contribution in [0.25, 0.3) is 0 Å². The Hall–Kier alpha value is -2.09. The largest absolute Gasteiger partial charge is 0.478 e. The molecule has 0 spiro atoms. The Labute approximate surface area is 104 Å². The third-order valence-electron chi connectivity index (χ3n) is 2.23. The molecule has 0 saturated heterocycles. The van der Waals surface area contributed by atoms with E-state index in [0.29, 0.717) is 0 Å². The molecule has 0 unspecified atom stereocenters. The van der Waals surface area contributed by atoms with Crippen molar-refractivity contribution in [3.8, 4) is 0 Å². The Bertz CT molecular complexity index is 665. The molecule has 0 aliphatic carbocycles. The van der Waals surface area contributed by atoms with Gasteiger partial charge in [-0.1, -0.05) is 6.07 Å². The smallest absolute Gasteiger partial charge is 0.343 e. The Kier molecular flexibility index (Phi) is 3.19. The molecule has 0 saturated carbocycles. The lowest BCUT2D eigenvalue weighted by molar-refractivity contribution is 0.0692. The Balaban J connectivity index is 2.49. The first-order valence-electron chi connectivity index (χ1n) is 4.81. The molecular formula is C10H8FN3O3S. The molecule has 2 aromatic rings. The van der Waals surface area contributed by atoms with Crippen LogP contribution in [0.2, 0.25) is 0 Å². The van der Waals surface area contributed by atoms with Crippen molar-refractivity contribution in [3.05, 3.63) is 40.1 Å². The molecule has 94 valence electrons. The van der Waals surface area contributed by atoms with Gasteiger partial charge in [0.1, 0.15) is 5.82 Å². The summed E-state index contributed by atoms with van der Waals surface area (Å²) in [4.78, 5) is 22.1. The van der Waals surface area contributed by atoms with Crippen molar-refractivity contribution in [1.82, 2.24) is 14.8 Å². The van der Waals surface area contributed by atoms with Crippen LogP contribution in [0.15, 0.2) is 33.0 Å². The maximum atomic E-state index is 13.6. The minimum absolute atomic E-state index is 0.0768. The van der Waals surface area contributed by atoms with Crippen molar-refractivity contribution in [2.45, 2.75) is 10.1 Å². The number of H-pyrrole nitrogens is 1. The van der Waals surface area contributed by atoms with Gasteiger partial charge in [-0.25, -0.2) is 19.1 Å². The number of hydrogen-bond acceptors (Lipinski definition) is 4. The van der Waals surface area contributed by atoms with Crippen LogP contribution < -0.4 is 5.69 Å². The number of aromatic amines is 1. The van der Waals surface area contributed by atoms with E-state index in [1.54, 1.807) is 0 Å². The fourth-order valence-corrected chi connectivity index (χ4v) is 2.22. The first-order chi connectivity index (χ1) is 8.50. The van der Waals surface area contributed by atoms with Gasteiger partial charge in [0.05, 0.1) is 10.5 Å². The van der Waals surface area contributed by atoms with E-state index in [-0.39, 0.29) is 15.6 Å². The second-order valence-electron chi connectivity index (χ2n) is 3.39. The highest BCUT2D eigenvalue weighted by atomic mass is 32.2. The molecule has 0 atom stereocenters. The van der Waals surface area contributed by atoms with Crippen LogP contribution in [0.5, 0.6) is 0 Å². The van der Waals surface area contributed by atoms with Gasteiger partial charge in [0.15, 0.2) is 5.16 Å². The van der Waals surface area contributed by atoms with Crippen molar-refractivity contribution in [1.29, 1.82) is 0 Å². The van der Waals surface area contributed by atoms with Crippen LogP contribution in [0.1, 0.15) is 10.4 Å². The topological polar surface area (TPSA) is 88.0 Å². The number of aromatic carboxylic acids is 1.